The molecule has 0 atom stereocenters. The summed E-state index contributed by atoms with van der Waals surface area (Å²) in [6.07, 6.45) is 0. The first-order valence-electron chi connectivity index (χ1n) is 6.84. The molecule has 0 saturated carbocycles. The van der Waals surface area contributed by atoms with Crippen molar-refractivity contribution < 1.29 is 14.2 Å². The molecule has 4 heteroatoms. The second-order valence-corrected chi connectivity index (χ2v) is 4.64. The molecule has 2 rings (SSSR count). The van der Waals surface area contributed by atoms with Crippen molar-refractivity contribution in [2.24, 2.45) is 0 Å². The topological polar surface area (TPSA) is 39.7 Å². The van der Waals surface area contributed by atoms with Crippen LogP contribution in [0.5, 0.6) is 17.2 Å². The number of benzene rings is 2. The van der Waals surface area contributed by atoms with Crippen molar-refractivity contribution in [3.05, 3.63) is 53.6 Å². The number of nitrogens with one attached hydrogen (secondary N) is 1. The Kier molecular flexibility index (Phi) is 5.46. The van der Waals surface area contributed by atoms with Crippen molar-refractivity contribution >= 4 is 0 Å². The molecule has 112 valence electrons. The van der Waals surface area contributed by atoms with E-state index < -0.39 is 0 Å². The summed E-state index contributed by atoms with van der Waals surface area (Å²) in [5.41, 5.74) is 2.22. The van der Waals surface area contributed by atoms with Crippen LogP contribution in [-0.4, -0.2) is 21.3 Å². The molecule has 0 heterocycles. The Morgan fingerprint density at radius 1 is 0.952 bits per heavy atom. The first-order valence-corrected chi connectivity index (χ1v) is 6.84. The SMILES string of the molecule is CNCc1ccc(OC)c(COc2cccc(OC)c2)c1. The Bertz CT molecular complexity index is 584. The van der Waals surface area contributed by atoms with E-state index in [0.29, 0.717) is 6.61 Å². The van der Waals surface area contributed by atoms with Crippen molar-refractivity contribution in [1.82, 2.24) is 5.32 Å². The van der Waals surface area contributed by atoms with E-state index in [1.807, 2.05) is 43.4 Å². The van der Waals surface area contributed by atoms with Crippen LogP contribution in [0, 0.1) is 0 Å². The Morgan fingerprint density at radius 2 is 1.76 bits per heavy atom. The molecule has 0 saturated heterocycles. The van der Waals surface area contributed by atoms with Crippen LogP contribution in [0.1, 0.15) is 11.1 Å². The van der Waals surface area contributed by atoms with Crippen molar-refractivity contribution in [2.45, 2.75) is 13.2 Å². The predicted molar refractivity (Wildman–Crippen MR) is 83.1 cm³/mol. The monoisotopic (exact) mass is 287 g/mol. The number of rotatable bonds is 7. The molecule has 0 fully saturated rings. The Hall–Kier alpha value is -2.20. The molecule has 0 bridgehead atoms. The average molecular weight is 287 g/mol. The van der Waals surface area contributed by atoms with Crippen molar-refractivity contribution in [1.29, 1.82) is 0 Å². The molecule has 0 aliphatic rings. The lowest BCUT2D eigenvalue weighted by molar-refractivity contribution is 0.294. The molecule has 4 nitrogen and oxygen atoms in total. The van der Waals surface area contributed by atoms with Gasteiger partial charge in [-0.15, -0.1) is 0 Å². The van der Waals surface area contributed by atoms with Crippen molar-refractivity contribution in [3.63, 3.8) is 0 Å². The molecule has 0 aliphatic carbocycles. The van der Waals surface area contributed by atoms with E-state index in [2.05, 4.69) is 11.4 Å². The molecule has 2 aromatic carbocycles. The van der Waals surface area contributed by atoms with Crippen LogP contribution in [0.2, 0.25) is 0 Å². The predicted octanol–water partition coefficient (Wildman–Crippen LogP) is 3.00. The van der Waals surface area contributed by atoms with Gasteiger partial charge < -0.3 is 19.5 Å². The molecule has 1 N–H and O–H groups in total. The van der Waals surface area contributed by atoms with Gasteiger partial charge in [0, 0.05) is 18.2 Å². The minimum Gasteiger partial charge on any atom is -0.497 e. The molecule has 21 heavy (non-hydrogen) atoms. The second kappa shape index (κ2) is 7.55. The summed E-state index contributed by atoms with van der Waals surface area (Å²) in [5.74, 6) is 2.39. The molecule has 0 aromatic heterocycles. The highest BCUT2D eigenvalue weighted by molar-refractivity contribution is 5.38. The van der Waals surface area contributed by atoms with Gasteiger partial charge >= 0.3 is 0 Å². The maximum absolute atomic E-state index is 5.83. The standard InChI is InChI=1S/C17H21NO3/c1-18-11-13-7-8-17(20-3)14(9-13)12-21-16-6-4-5-15(10-16)19-2/h4-10,18H,11-12H2,1-3H3. The van der Waals surface area contributed by atoms with E-state index in [-0.39, 0.29) is 0 Å². The lowest BCUT2D eigenvalue weighted by Crippen LogP contribution is -2.06. The molecular weight excluding hydrogens is 266 g/mol. The minimum absolute atomic E-state index is 0.452. The molecule has 2 aromatic rings. The van der Waals surface area contributed by atoms with Crippen molar-refractivity contribution in [3.8, 4) is 17.2 Å². The fourth-order valence-electron chi connectivity index (χ4n) is 2.11. The summed E-state index contributed by atoms with van der Waals surface area (Å²) in [5, 5.41) is 3.14. The van der Waals surface area contributed by atoms with Gasteiger partial charge in [-0.05, 0) is 36.9 Å². The maximum Gasteiger partial charge on any atom is 0.125 e. The van der Waals surface area contributed by atoms with Crippen LogP contribution in [0.3, 0.4) is 0 Å². The van der Waals surface area contributed by atoms with E-state index in [1.165, 1.54) is 5.56 Å². The van der Waals surface area contributed by atoms with E-state index in [0.717, 1.165) is 29.4 Å². The van der Waals surface area contributed by atoms with Gasteiger partial charge in [0.15, 0.2) is 0 Å². The highest BCUT2D eigenvalue weighted by atomic mass is 16.5. The summed E-state index contributed by atoms with van der Waals surface area (Å²) in [6.45, 7) is 1.27. The van der Waals surface area contributed by atoms with Crippen molar-refractivity contribution in [2.75, 3.05) is 21.3 Å². The summed E-state index contributed by atoms with van der Waals surface area (Å²) in [4.78, 5) is 0. The number of hydrogen-bond donors (Lipinski definition) is 1. The van der Waals surface area contributed by atoms with Gasteiger partial charge in [-0.1, -0.05) is 12.1 Å². The minimum atomic E-state index is 0.452. The third-order valence-corrected chi connectivity index (χ3v) is 3.16. The lowest BCUT2D eigenvalue weighted by Gasteiger charge is -2.12. The first-order chi connectivity index (χ1) is 10.3. The average Bonchev–Trinajstić information content (AvgIpc) is 2.53. The van der Waals surface area contributed by atoms with Gasteiger partial charge in [0.25, 0.3) is 0 Å². The zero-order valence-corrected chi connectivity index (χ0v) is 12.7. The smallest absolute Gasteiger partial charge is 0.125 e. The van der Waals surface area contributed by atoms with Gasteiger partial charge in [-0.25, -0.2) is 0 Å². The van der Waals surface area contributed by atoms with Crippen LogP contribution < -0.4 is 19.5 Å². The third kappa shape index (κ3) is 4.13. The Balaban J connectivity index is 2.12. The molecular formula is C17H21NO3. The third-order valence-electron chi connectivity index (χ3n) is 3.16. The number of methoxy groups -OCH3 is 2. The van der Waals surface area contributed by atoms with Gasteiger partial charge in [0.2, 0.25) is 0 Å². The highest BCUT2D eigenvalue weighted by Crippen LogP contribution is 2.24. The zero-order chi connectivity index (χ0) is 15.1. The fourth-order valence-corrected chi connectivity index (χ4v) is 2.11. The Labute approximate surface area is 125 Å². The van der Waals surface area contributed by atoms with E-state index >= 15 is 0 Å². The molecule has 0 amide bonds. The van der Waals surface area contributed by atoms with Gasteiger partial charge in [-0.3, -0.25) is 0 Å². The summed E-state index contributed by atoms with van der Waals surface area (Å²) in [7, 11) is 5.24. The molecule has 0 unspecified atom stereocenters. The summed E-state index contributed by atoms with van der Waals surface area (Å²) < 4.78 is 16.4. The normalized spacial score (nSPS) is 10.2. The summed E-state index contributed by atoms with van der Waals surface area (Å²) >= 11 is 0. The first kappa shape index (κ1) is 15.2. The summed E-state index contributed by atoms with van der Waals surface area (Å²) in [6, 6.07) is 13.7. The van der Waals surface area contributed by atoms with E-state index in [4.69, 9.17) is 14.2 Å². The van der Waals surface area contributed by atoms with Crippen LogP contribution >= 0.6 is 0 Å². The molecule has 0 spiro atoms. The lowest BCUT2D eigenvalue weighted by atomic mass is 10.1. The zero-order valence-electron chi connectivity index (χ0n) is 12.7. The van der Waals surface area contributed by atoms with Gasteiger partial charge in [-0.2, -0.15) is 0 Å². The quantitative estimate of drug-likeness (QED) is 0.850. The van der Waals surface area contributed by atoms with Crippen LogP contribution in [0.15, 0.2) is 42.5 Å². The fraction of sp³-hybridized carbons (Fsp3) is 0.294. The largest absolute Gasteiger partial charge is 0.497 e. The maximum atomic E-state index is 5.83. The number of hydrogen-bond acceptors (Lipinski definition) is 4. The highest BCUT2D eigenvalue weighted by Gasteiger charge is 2.06. The Morgan fingerprint density at radius 3 is 2.48 bits per heavy atom. The van der Waals surface area contributed by atoms with E-state index in [1.54, 1.807) is 14.2 Å². The van der Waals surface area contributed by atoms with Crippen LogP contribution in [0.4, 0.5) is 0 Å². The molecule has 0 aliphatic heterocycles. The van der Waals surface area contributed by atoms with Crippen LogP contribution in [-0.2, 0) is 13.2 Å². The van der Waals surface area contributed by atoms with Gasteiger partial charge in [0.05, 0.1) is 14.2 Å². The van der Waals surface area contributed by atoms with Crippen LogP contribution in [0.25, 0.3) is 0 Å². The molecule has 0 radical (unpaired) electrons. The number of ether oxygens (including phenoxy) is 3. The van der Waals surface area contributed by atoms with Gasteiger partial charge in [0.1, 0.15) is 23.9 Å². The van der Waals surface area contributed by atoms with E-state index in [9.17, 15) is 0 Å². The second-order valence-electron chi connectivity index (χ2n) is 4.64.